The monoisotopic (exact) mass is 408 g/mol. The van der Waals surface area contributed by atoms with Crippen molar-refractivity contribution in [2.24, 2.45) is 0 Å². The number of anilines is 4. The summed E-state index contributed by atoms with van der Waals surface area (Å²) in [7, 11) is 1.64. The van der Waals surface area contributed by atoms with Crippen LogP contribution in [0.15, 0.2) is 42.6 Å². The molecule has 4 rings (SSSR count). The molecule has 2 aromatic heterocycles. The van der Waals surface area contributed by atoms with E-state index in [0.29, 0.717) is 18.3 Å². The number of piperazine rings is 1. The lowest BCUT2D eigenvalue weighted by atomic mass is 10.2. The molecule has 0 spiro atoms. The van der Waals surface area contributed by atoms with Crippen molar-refractivity contribution in [3.05, 3.63) is 54.0 Å². The lowest BCUT2D eigenvalue weighted by Gasteiger charge is -2.27. The Morgan fingerprint density at radius 3 is 2.73 bits per heavy atom. The van der Waals surface area contributed by atoms with Crippen LogP contribution in [-0.2, 0) is 6.54 Å². The number of hydrogen-bond donors (Lipinski definition) is 3. The van der Waals surface area contributed by atoms with Gasteiger partial charge in [-0.15, -0.1) is 0 Å². The predicted molar refractivity (Wildman–Crippen MR) is 115 cm³/mol. The number of H-pyrrole nitrogens is 1. The number of aryl methyl sites for hydroxylation is 1. The summed E-state index contributed by atoms with van der Waals surface area (Å²) in [6, 6.07) is 12.0. The van der Waals surface area contributed by atoms with Crippen molar-refractivity contribution in [2.75, 3.05) is 49.2 Å². The van der Waals surface area contributed by atoms with Crippen molar-refractivity contribution in [1.82, 2.24) is 15.0 Å². The van der Waals surface area contributed by atoms with Gasteiger partial charge >= 0.3 is 0 Å². The SMILES string of the molecule is COc1ccc(C)cc1Nc1nc(N)nc(C[NH+]2CCN(c3cccc[nH+]3)CC2)n1. The van der Waals surface area contributed by atoms with Gasteiger partial charge in [0.1, 0.15) is 38.5 Å². The minimum absolute atomic E-state index is 0.214. The number of aromatic nitrogens is 4. The lowest BCUT2D eigenvalue weighted by Crippen LogP contribution is -3.13. The van der Waals surface area contributed by atoms with Crippen LogP contribution in [0.2, 0.25) is 0 Å². The van der Waals surface area contributed by atoms with Crippen molar-refractivity contribution in [1.29, 1.82) is 0 Å². The number of rotatable bonds is 6. The van der Waals surface area contributed by atoms with Gasteiger partial charge in [0.2, 0.25) is 11.9 Å². The van der Waals surface area contributed by atoms with Crippen molar-refractivity contribution in [2.45, 2.75) is 13.5 Å². The smallest absolute Gasteiger partial charge is 0.274 e. The van der Waals surface area contributed by atoms with Gasteiger partial charge in [-0.2, -0.15) is 15.0 Å². The number of hydrogen-bond acceptors (Lipinski definition) is 7. The summed E-state index contributed by atoms with van der Waals surface area (Å²) < 4.78 is 5.42. The Bertz CT molecular complexity index is 990. The molecular formula is C21H28N8O+2. The van der Waals surface area contributed by atoms with Gasteiger partial charge < -0.3 is 20.7 Å². The first-order valence-corrected chi connectivity index (χ1v) is 10.1. The Labute approximate surface area is 175 Å². The first kappa shape index (κ1) is 19.8. The van der Waals surface area contributed by atoms with Gasteiger partial charge in [-0.25, -0.2) is 4.98 Å². The van der Waals surface area contributed by atoms with Crippen LogP contribution in [-0.4, -0.2) is 48.2 Å². The number of aromatic amines is 1. The molecule has 5 N–H and O–H groups in total. The molecule has 156 valence electrons. The maximum absolute atomic E-state index is 5.96. The summed E-state index contributed by atoms with van der Waals surface area (Å²) in [6.07, 6.45) is 1.96. The summed E-state index contributed by atoms with van der Waals surface area (Å²) in [5.41, 5.74) is 7.87. The number of quaternary nitrogens is 1. The van der Waals surface area contributed by atoms with Gasteiger partial charge in [0.05, 0.1) is 19.0 Å². The van der Waals surface area contributed by atoms with Gasteiger partial charge in [0.15, 0.2) is 5.82 Å². The molecule has 1 saturated heterocycles. The van der Waals surface area contributed by atoms with E-state index in [1.54, 1.807) is 7.11 Å². The molecule has 0 radical (unpaired) electrons. The molecule has 0 atom stereocenters. The Kier molecular flexibility index (Phi) is 5.89. The molecule has 0 saturated carbocycles. The minimum atomic E-state index is 0.214. The first-order chi connectivity index (χ1) is 14.6. The fraction of sp³-hybridized carbons (Fsp3) is 0.333. The van der Waals surface area contributed by atoms with Crippen LogP contribution in [0.1, 0.15) is 11.4 Å². The lowest BCUT2D eigenvalue weighted by molar-refractivity contribution is -0.915. The number of ether oxygens (including phenoxy) is 1. The Hall–Kier alpha value is -3.46. The molecule has 1 aromatic carbocycles. The van der Waals surface area contributed by atoms with Crippen LogP contribution in [0.5, 0.6) is 5.75 Å². The van der Waals surface area contributed by atoms with Crippen molar-refractivity contribution < 1.29 is 14.6 Å². The summed E-state index contributed by atoms with van der Waals surface area (Å²) >= 11 is 0. The summed E-state index contributed by atoms with van der Waals surface area (Å²) in [5.74, 6) is 3.20. The average molecular weight is 409 g/mol. The summed E-state index contributed by atoms with van der Waals surface area (Å²) in [5, 5.41) is 3.22. The molecule has 0 amide bonds. The van der Waals surface area contributed by atoms with Crippen molar-refractivity contribution >= 4 is 23.4 Å². The van der Waals surface area contributed by atoms with E-state index in [1.165, 1.54) is 4.90 Å². The van der Waals surface area contributed by atoms with Crippen LogP contribution in [0.3, 0.4) is 0 Å². The molecule has 1 fully saturated rings. The number of pyridine rings is 1. The van der Waals surface area contributed by atoms with Crippen molar-refractivity contribution in [3.63, 3.8) is 0 Å². The normalized spacial score (nSPS) is 14.5. The molecule has 3 aromatic rings. The fourth-order valence-corrected chi connectivity index (χ4v) is 3.66. The zero-order valence-electron chi connectivity index (χ0n) is 17.4. The summed E-state index contributed by atoms with van der Waals surface area (Å²) in [4.78, 5) is 20.3. The van der Waals surface area contributed by atoms with Crippen LogP contribution in [0.25, 0.3) is 0 Å². The van der Waals surface area contributed by atoms with Gasteiger partial charge in [0, 0.05) is 6.07 Å². The number of nitrogen functional groups attached to an aromatic ring is 1. The van der Waals surface area contributed by atoms with E-state index in [4.69, 9.17) is 10.5 Å². The second-order valence-electron chi connectivity index (χ2n) is 7.42. The maximum atomic E-state index is 5.96. The average Bonchev–Trinajstić information content (AvgIpc) is 2.75. The van der Waals surface area contributed by atoms with E-state index >= 15 is 0 Å². The number of methoxy groups -OCH3 is 1. The van der Waals surface area contributed by atoms with Gasteiger partial charge in [-0.1, -0.05) is 12.1 Å². The van der Waals surface area contributed by atoms with Crippen LogP contribution in [0, 0.1) is 6.92 Å². The first-order valence-electron chi connectivity index (χ1n) is 10.1. The molecule has 1 aliphatic heterocycles. The molecule has 9 heteroatoms. The highest BCUT2D eigenvalue weighted by molar-refractivity contribution is 5.63. The number of benzene rings is 1. The standard InChI is InChI=1S/C21H26N8O/c1-15-6-7-17(30-2)16(13-15)24-21-26-18(25-20(22)27-21)14-28-9-11-29(12-10-28)19-5-3-4-8-23-19/h3-8,13H,9-12,14H2,1-2H3,(H3,22,24,25,26,27)/p+2. The largest absolute Gasteiger partial charge is 0.495 e. The van der Waals surface area contributed by atoms with Crippen molar-refractivity contribution in [3.8, 4) is 5.75 Å². The van der Waals surface area contributed by atoms with E-state index < -0.39 is 0 Å². The van der Waals surface area contributed by atoms with Gasteiger partial charge in [0.25, 0.3) is 5.82 Å². The second kappa shape index (κ2) is 8.91. The number of nitrogens with one attached hydrogen (secondary N) is 3. The molecule has 0 aliphatic carbocycles. The third-order valence-corrected chi connectivity index (χ3v) is 5.21. The van der Waals surface area contributed by atoms with Crippen LogP contribution >= 0.6 is 0 Å². The van der Waals surface area contributed by atoms with Crippen LogP contribution < -0.4 is 30.6 Å². The highest BCUT2D eigenvalue weighted by Crippen LogP contribution is 2.27. The Morgan fingerprint density at radius 2 is 2.00 bits per heavy atom. The minimum Gasteiger partial charge on any atom is -0.495 e. The molecule has 0 bridgehead atoms. The van der Waals surface area contributed by atoms with Gasteiger partial charge in [-0.05, 0) is 30.7 Å². The topological polar surface area (TPSA) is 108 Å². The second-order valence-corrected chi connectivity index (χ2v) is 7.42. The third kappa shape index (κ3) is 4.74. The Morgan fingerprint density at radius 1 is 1.17 bits per heavy atom. The molecule has 0 unspecified atom stereocenters. The Balaban J connectivity index is 1.42. The van der Waals surface area contributed by atoms with E-state index in [0.717, 1.165) is 49.0 Å². The molecule has 1 aliphatic rings. The molecule has 9 nitrogen and oxygen atoms in total. The zero-order valence-corrected chi connectivity index (χ0v) is 17.4. The zero-order chi connectivity index (χ0) is 20.9. The van der Waals surface area contributed by atoms with E-state index in [1.807, 2.05) is 37.4 Å². The van der Waals surface area contributed by atoms with E-state index in [9.17, 15) is 0 Å². The molecule has 3 heterocycles. The third-order valence-electron chi connectivity index (χ3n) is 5.21. The van der Waals surface area contributed by atoms with E-state index in [-0.39, 0.29) is 5.95 Å². The quantitative estimate of drug-likeness (QED) is 0.536. The fourth-order valence-electron chi connectivity index (χ4n) is 3.66. The number of nitrogens with two attached hydrogens (primary N) is 1. The van der Waals surface area contributed by atoms with Gasteiger partial charge in [-0.3, -0.25) is 4.90 Å². The number of nitrogens with zero attached hydrogens (tertiary/aromatic N) is 4. The summed E-state index contributed by atoms with van der Waals surface area (Å²) in [6.45, 7) is 6.68. The maximum Gasteiger partial charge on any atom is 0.274 e. The van der Waals surface area contributed by atoms with E-state index in [2.05, 4.69) is 42.3 Å². The highest BCUT2D eigenvalue weighted by atomic mass is 16.5. The molecular weight excluding hydrogens is 380 g/mol. The predicted octanol–water partition coefficient (Wildman–Crippen LogP) is 0.234. The highest BCUT2D eigenvalue weighted by Gasteiger charge is 2.26. The molecule has 30 heavy (non-hydrogen) atoms. The van der Waals surface area contributed by atoms with Crippen LogP contribution in [0.4, 0.5) is 23.4 Å².